The fourth-order valence-corrected chi connectivity index (χ4v) is 2.57. The van der Waals surface area contributed by atoms with Gasteiger partial charge in [-0.3, -0.25) is 14.9 Å². The predicted octanol–water partition coefficient (Wildman–Crippen LogP) is 4.24. The molecule has 27 heavy (non-hydrogen) atoms. The Kier molecular flexibility index (Phi) is 5.12. The largest absolute Gasteiger partial charge is 0.455 e. The van der Waals surface area contributed by atoms with E-state index >= 15 is 0 Å². The lowest BCUT2D eigenvalue weighted by atomic mass is 10.1. The molecule has 0 bridgehead atoms. The molecule has 0 aliphatic rings. The van der Waals surface area contributed by atoms with Crippen LogP contribution in [0.4, 0.5) is 5.69 Å². The van der Waals surface area contributed by atoms with Gasteiger partial charge in [0.25, 0.3) is 11.6 Å². The van der Waals surface area contributed by atoms with E-state index in [0.29, 0.717) is 22.6 Å². The summed E-state index contributed by atoms with van der Waals surface area (Å²) in [7, 11) is 0. The van der Waals surface area contributed by atoms with Crippen LogP contribution in [0.2, 0.25) is 0 Å². The van der Waals surface area contributed by atoms with E-state index in [1.807, 2.05) is 13.0 Å². The third kappa shape index (κ3) is 4.27. The molecule has 3 rings (SSSR count). The first-order chi connectivity index (χ1) is 12.9. The highest BCUT2D eigenvalue weighted by molar-refractivity contribution is 5.94. The summed E-state index contributed by atoms with van der Waals surface area (Å²) in [5.74, 6) is 0.383. The Morgan fingerprint density at radius 3 is 2.63 bits per heavy atom. The summed E-state index contributed by atoms with van der Waals surface area (Å²) < 4.78 is 5.60. The van der Waals surface area contributed by atoms with Crippen molar-refractivity contribution in [1.29, 1.82) is 0 Å². The maximum atomic E-state index is 12.0. The highest BCUT2D eigenvalue weighted by Gasteiger charge is 2.18. The predicted molar refractivity (Wildman–Crippen MR) is 102 cm³/mol. The van der Waals surface area contributed by atoms with Crippen molar-refractivity contribution in [2.24, 2.45) is 5.10 Å². The van der Waals surface area contributed by atoms with Gasteiger partial charge < -0.3 is 4.42 Å². The fourth-order valence-electron chi connectivity index (χ4n) is 2.57. The normalized spacial score (nSPS) is 10.9. The van der Waals surface area contributed by atoms with Crippen molar-refractivity contribution in [2.75, 3.05) is 0 Å². The number of benzene rings is 2. The van der Waals surface area contributed by atoms with Crippen molar-refractivity contribution in [3.05, 3.63) is 87.2 Å². The topological polar surface area (TPSA) is 97.7 Å². The number of carbonyl (C=O) groups is 1. The molecule has 1 amide bonds. The number of carbonyl (C=O) groups excluding carboxylic acids is 1. The molecule has 0 saturated carbocycles. The quantitative estimate of drug-likeness (QED) is 0.416. The minimum Gasteiger partial charge on any atom is -0.455 e. The van der Waals surface area contributed by atoms with Crippen molar-refractivity contribution in [3.8, 4) is 11.3 Å². The first-order valence-electron chi connectivity index (χ1n) is 8.19. The van der Waals surface area contributed by atoms with Crippen molar-refractivity contribution in [3.63, 3.8) is 0 Å². The third-order valence-corrected chi connectivity index (χ3v) is 3.88. The average Bonchev–Trinajstić information content (AvgIpc) is 3.10. The number of rotatable bonds is 5. The van der Waals surface area contributed by atoms with E-state index < -0.39 is 4.92 Å². The van der Waals surface area contributed by atoms with Crippen LogP contribution in [0.1, 0.15) is 27.2 Å². The Balaban J connectivity index is 1.74. The summed E-state index contributed by atoms with van der Waals surface area (Å²) in [6.45, 7) is 3.68. The van der Waals surface area contributed by atoms with Gasteiger partial charge in [-0.1, -0.05) is 23.8 Å². The summed E-state index contributed by atoms with van der Waals surface area (Å²) in [6, 6.07) is 15.3. The number of amides is 1. The van der Waals surface area contributed by atoms with E-state index in [0.717, 1.165) is 11.1 Å². The molecule has 7 heteroatoms. The van der Waals surface area contributed by atoms with Gasteiger partial charge in [0, 0.05) is 11.6 Å². The highest BCUT2D eigenvalue weighted by Crippen LogP contribution is 2.31. The molecule has 1 N–H and O–H groups in total. The fraction of sp³-hybridized carbons (Fsp3) is 0.100. The molecule has 0 aliphatic heterocycles. The van der Waals surface area contributed by atoms with Crippen LogP contribution in [0.3, 0.4) is 0 Å². The van der Waals surface area contributed by atoms with E-state index in [1.54, 1.807) is 49.4 Å². The standard InChI is InChI=1S/C20H17N3O4/c1-13-4-3-5-15(10-13)20(24)22-21-12-16-7-9-19(27-16)17-8-6-14(2)11-18(17)23(25)26/h3-12H,1-2H3,(H,22,24)/b21-12+. The second kappa shape index (κ2) is 7.65. The van der Waals surface area contributed by atoms with Crippen LogP contribution in [0.5, 0.6) is 0 Å². The van der Waals surface area contributed by atoms with Crippen LogP contribution < -0.4 is 5.43 Å². The number of nitrogens with one attached hydrogen (secondary N) is 1. The molecule has 0 atom stereocenters. The van der Waals surface area contributed by atoms with Gasteiger partial charge in [-0.15, -0.1) is 0 Å². The molecule has 3 aromatic rings. The van der Waals surface area contributed by atoms with Crippen LogP contribution in [-0.2, 0) is 0 Å². The Morgan fingerprint density at radius 1 is 1.11 bits per heavy atom. The molecule has 7 nitrogen and oxygen atoms in total. The number of nitrogens with zero attached hydrogens (tertiary/aromatic N) is 2. The summed E-state index contributed by atoms with van der Waals surface area (Å²) in [4.78, 5) is 22.8. The van der Waals surface area contributed by atoms with Gasteiger partial charge in [0.15, 0.2) is 0 Å². The summed E-state index contributed by atoms with van der Waals surface area (Å²) in [5, 5.41) is 15.1. The monoisotopic (exact) mass is 363 g/mol. The lowest BCUT2D eigenvalue weighted by Crippen LogP contribution is -2.17. The van der Waals surface area contributed by atoms with Crippen molar-refractivity contribution in [2.45, 2.75) is 13.8 Å². The van der Waals surface area contributed by atoms with Gasteiger partial charge >= 0.3 is 0 Å². The molecule has 0 unspecified atom stereocenters. The Hall–Kier alpha value is -3.74. The molecule has 0 aliphatic carbocycles. The molecule has 0 fully saturated rings. The van der Waals surface area contributed by atoms with Crippen molar-refractivity contribution >= 4 is 17.8 Å². The van der Waals surface area contributed by atoms with E-state index in [9.17, 15) is 14.9 Å². The molecule has 0 spiro atoms. The zero-order valence-corrected chi connectivity index (χ0v) is 14.8. The maximum absolute atomic E-state index is 12.0. The lowest BCUT2D eigenvalue weighted by molar-refractivity contribution is -0.384. The first kappa shape index (κ1) is 18.1. The number of nitro groups is 1. The SMILES string of the molecule is Cc1cccc(C(=O)N/N=C/c2ccc(-c3ccc(C)cc3[N+](=O)[O-])o2)c1. The van der Waals surface area contributed by atoms with Crippen molar-refractivity contribution < 1.29 is 14.1 Å². The van der Waals surface area contributed by atoms with Gasteiger partial charge in [0.1, 0.15) is 11.5 Å². The van der Waals surface area contributed by atoms with Gasteiger partial charge in [-0.25, -0.2) is 5.43 Å². The van der Waals surface area contributed by atoms with Crippen LogP contribution in [-0.4, -0.2) is 17.0 Å². The molecule has 136 valence electrons. The van der Waals surface area contributed by atoms with Gasteiger partial charge in [0.2, 0.25) is 0 Å². The second-order valence-corrected chi connectivity index (χ2v) is 6.05. The highest BCUT2D eigenvalue weighted by atomic mass is 16.6. The summed E-state index contributed by atoms with van der Waals surface area (Å²) in [6.07, 6.45) is 1.34. The summed E-state index contributed by atoms with van der Waals surface area (Å²) >= 11 is 0. The molecule has 0 saturated heterocycles. The molecule has 2 aromatic carbocycles. The lowest BCUT2D eigenvalue weighted by Gasteiger charge is -2.01. The third-order valence-electron chi connectivity index (χ3n) is 3.88. The minimum absolute atomic E-state index is 0.0272. The molecule has 0 radical (unpaired) electrons. The maximum Gasteiger partial charge on any atom is 0.280 e. The smallest absolute Gasteiger partial charge is 0.280 e. The van der Waals surface area contributed by atoms with Crippen LogP contribution in [0.15, 0.2) is 64.1 Å². The minimum atomic E-state index is -0.444. The molecule has 1 heterocycles. The van der Waals surface area contributed by atoms with E-state index in [-0.39, 0.29) is 11.6 Å². The first-order valence-corrected chi connectivity index (χ1v) is 8.19. The Morgan fingerprint density at radius 2 is 1.89 bits per heavy atom. The van der Waals surface area contributed by atoms with E-state index in [1.165, 1.54) is 12.3 Å². The number of hydrogen-bond acceptors (Lipinski definition) is 5. The van der Waals surface area contributed by atoms with Gasteiger partial charge in [-0.05, 0) is 49.7 Å². The molecular weight excluding hydrogens is 346 g/mol. The Labute approximate surface area is 155 Å². The second-order valence-electron chi connectivity index (χ2n) is 6.05. The summed E-state index contributed by atoms with van der Waals surface area (Å²) in [5.41, 5.74) is 5.05. The van der Waals surface area contributed by atoms with Gasteiger partial charge in [0.05, 0.1) is 16.7 Å². The molecular formula is C20H17N3O4. The van der Waals surface area contributed by atoms with Crippen LogP contribution in [0.25, 0.3) is 11.3 Å². The average molecular weight is 363 g/mol. The van der Waals surface area contributed by atoms with Crippen LogP contribution >= 0.6 is 0 Å². The van der Waals surface area contributed by atoms with Gasteiger partial charge in [-0.2, -0.15) is 5.10 Å². The number of aryl methyl sites for hydroxylation is 2. The zero-order chi connectivity index (χ0) is 19.4. The van der Waals surface area contributed by atoms with E-state index in [2.05, 4.69) is 10.5 Å². The number of nitro benzene ring substituents is 1. The van der Waals surface area contributed by atoms with E-state index in [4.69, 9.17) is 4.42 Å². The molecule has 1 aromatic heterocycles. The van der Waals surface area contributed by atoms with Crippen LogP contribution in [0, 0.1) is 24.0 Å². The number of hydrazone groups is 1. The Bertz CT molecular complexity index is 1040. The van der Waals surface area contributed by atoms with Crippen molar-refractivity contribution in [1.82, 2.24) is 5.43 Å². The number of furan rings is 1. The number of hydrogen-bond donors (Lipinski definition) is 1. The zero-order valence-electron chi connectivity index (χ0n) is 14.8.